The normalized spacial score (nSPS) is 19.6. The number of hydrogen-bond donors (Lipinski definition) is 0. The first kappa shape index (κ1) is 34.5. The van der Waals surface area contributed by atoms with Crippen LogP contribution < -0.4 is 21.3 Å². The summed E-state index contributed by atoms with van der Waals surface area (Å²) in [4.78, 5) is 2.69. The van der Waals surface area contributed by atoms with E-state index in [0.29, 0.717) is 0 Å². The molecule has 7 aromatic rings. The Morgan fingerprint density at radius 2 is 1.16 bits per heavy atom. The zero-order valence-corrected chi connectivity index (χ0v) is 35.3. The number of hydrogen-bond acceptors (Lipinski definition) is 2. The quantitative estimate of drug-likeness (QED) is 0.157. The molecule has 0 atom stereocenters. The van der Waals surface area contributed by atoms with Gasteiger partial charge in [-0.3, -0.25) is 0 Å². The van der Waals surface area contributed by atoms with E-state index in [-0.39, 0.29) is 33.8 Å². The number of rotatable bonds is 1. The van der Waals surface area contributed by atoms with Gasteiger partial charge in [-0.2, -0.15) is 0 Å². The summed E-state index contributed by atoms with van der Waals surface area (Å²) in [6, 6.07) is 33.4. The van der Waals surface area contributed by atoms with Crippen LogP contribution >= 0.6 is 0 Å². The van der Waals surface area contributed by atoms with Gasteiger partial charge in [0.05, 0.1) is 5.52 Å². The second kappa shape index (κ2) is 10.6. The van der Waals surface area contributed by atoms with E-state index in [0.717, 1.165) is 11.2 Å². The minimum Gasteiger partial charge on any atom is -0.454 e. The molecular formula is C52H55BN2O. The van der Waals surface area contributed by atoms with Crippen LogP contribution in [0.15, 0.2) is 89.3 Å². The van der Waals surface area contributed by atoms with E-state index in [1.54, 1.807) is 0 Å². The molecule has 0 unspecified atom stereocenters. The number of para-hydroxylation sites is 2. The summed E-state index contributed by atoms with van der Waals surface area (Å²) < 4.78 is 9.39. The third-order valence-electron chi connectivity index (χ3n) is 15.1. The molecule has 0 saturated heterocycles. The van der Waals surface area contributed by atoms with Crippen LogP contribution in [0.2, 0.25) is 0 Å². The van der Waals surface area contributed by atoms with Crippen LogP contribution in [0.3, 0.4) is 0 Å². The Labute approximate surface area is 333 Å². The van der Waals surface area contributed by atoms with E-state index in [1.807, 2.05) is 0 Å². The molecule has 4 aliphatic rings. The number of aromatic nitrogens is 1. The Morgan fingerprint density at radius 3 is 1.86 bits per heavy atom. The maximum atomic E-state index is 6.80. The van der Waals surface area contributed by atoms with Gasteiger partial charge in [-0.15, -0.1) is 0 Å². The predicted molar refractivity (Wildman–Crippen MR) is 239 cm³/mol. The van der Waals surface area contributed by atoms with Crippen LogP contribution in [-0.2, 0) is 27.1 Å². The fourth-order valence-electron chi connectivity index (χ4n) is 11.4. The Morgan fingerprint density at radius 1 is 0.554 bits per heavy atom. The Balaban J connectivity index is 1.32. The average molecular weight is 735 g/mol. The standard InChI is InChI=1S/C52H55BN2O/c1-48(2,3)30-25-41-44-42(26-30)55-45-33(47-46(55)32-15-12-13-18-43(32)56-47)16-14-17-38(45)53(44)39-28-36-37(52(10,11)24-23-51(36,8)9)29-40(39)54(41)31-19-20-34-35(27-31)50(6,7)22-21-49(34,4)5/h12-20,25-29H,21-24H2,1-11H3. The first-order valence-electron chi connectivity index (χ1n) is 21.1. The van der Waals surface area contributed by atoms with Crippen molar-refractivity contribution in [2.45, 2.75) is 129 Å². The van der Waals surface area contributed by atoms with Gasteiger partial charge in [0.25, 0.3) is 6.71 Å². The van der Waals surface area contributed by atoms with Gasteiger partial charge in [0, 0.05) is 33.5 Å². The molecule has 0 radical (unpaired) electrons. The summed E-state index contributed by atoms with van der Waals surface area (Å²) in [7, 11) is 0. The third kappa shape index (κ3) is 4.42. The van der Waals surface area contributed by atoms with E-state index in [2.05, 4.69) is 171 Å². The molecule has 2 aliphatic heterocycles. The van der Waals surface area contributed by atoms with Gasteiger partial charge in [-0.1, -0.05) is 113 Å². The second-order valence-corrected chi connectivity index (χ2v) is 21.5. The van der Waals surface area contributed by atoms with Gasteiger partial charge in [-0.25, -0.2) is 0 Å². The van der Waals surface area contributed by atoms with E-state index in [9.17, 15) is 0 Å². The van der Waals surface area contributed by atoms with Crippen molar-refractivity contribution in [1.82, 2.24) is 4.57 Å². The van der Waals surface area contributed by atoms with Gasteiger partial charge in [0.1, 0.15) is 11.1 Å². The highest BCUT2D eigenvalue weighted by Crippen LogP contribution is 2.52. The number of anilines is 3. The fourth-order valence-corrected chi connectivity index (χ4v) is 11.4. The lowest BCUT2D eigenvalue weighted by atomic mass is 9.33. The molecule has 4 heteroatoms. The smallest absolute Gasteiger partial charge is 0.252 e. The molecule has 0 bridgehead atoms. The molecule has 0 saturated carbocycles. The van der Waals surface area contributed by atoms with E-state index in [1.165, 1.54) is 114 Å². The number of nitrogens with zero attached hydrogens (tertiary/aromatic N) is 2. The number of benzene rings is 5. The van der Waals surface area contributed by atoms with Crippen molar-refractivity contribution < 1.29 is 4.42 Å². The van der Waals surface area contributed by atoms with Gasteiger partial charge in [0.15, 0.2) is 5.58 Å². The highest BCUT2D eigenvalue weighted by Gasteiger charge is 2.47. The first-order chi connectivity index (χ1) is 26.4. The number of fused-ring (bicyclic) bond motifs is 11. The summed E-state index contributed by atoms with van der Waals surface area (Å²) in [5, 5.41) is 2.37. The molecule has 282 valence electrons. The minimum absolute atomic E-state index is 0.0719. The molecule has 0 fully saturated rings. The zero-order chi connectivity index (χ0) is 39.1. The molecule has 4 heterocycles. The summed E-state index contributed by atoms with van der Waals surface area (Å²) in [5.41, 5.74) is 21.5. The van der Waals surface area contributed by atoms with Crippen LogP contribution in [0, 0.1) is 0 Å². The summed E-state index contributed by atoms with van der Waals surface area (Å²) in [5.74, 6) is 0. The first-order valence-corrected chi connectivity index (χ1v) is 21.1. The molecule has 0 spiro atoms. The van der Waals surface area contributed by atoms with E-state index >= 15 is 0 Å². The average Bonchev–Trinajstić information content (AvgIpc) is 3.68. The van der Waals surface area contributed by atoms with Crippen molar-refractivity contribution in [3.8, 4) is 5.69 Å². The van der Waals surface area contributed by atoms with Gasteiger partial charge >= 0.3 is 0 Å². The summed E-state index contributed by atoms with van der Waals surface area (Å²) >= 11 is 0. The van der Waals surface area contributed by atoms with Crippen LogP contribution in [0.1, 0.15) is 130 Å². The predicted octanol–water partition coefficient (Wildman–Crippen LogP) is 12.1. The molecule has 2 aromatic heterocycles. The lowest BCUT2D eigenvalue weighted by molar-refractivity contribution is 0.332. The van der Waals surface area contributed by atoms with E-state index in [4.69, 9.17) is 4.42 Å². The molecule has 0 N–H and O–H groups in total. The molecule has 5 aromatic carbocycles. The van der Waals surface area contributed by atoms with Crippen molar-refractivity contribution in [3.63, 3.8) is 0 Å². The zero-order valence-electron chi connectivity index (χ0n) is 35.3. The Kier molecular flexibility index (Phi) is 6.55. The van der Waals surface area contributed by atoms with Crippen LogP contribution in [0.5, 0.6) is 0 Å². The summed E-state index contributed by atoms with van der Waals surface area (Å²) in [6.45, 7) is 26.9. The third-order valence-corrected chi connectivity index (χ3v) is 15.1. The summed E-state index contributed by atoms with van der Waals surface area (Å²) in [6.07, 6.45) is 4.77. The molecular weight excluding hydrogens is 679 g/mol. The van der Waals surface area contributed by atoms with Crippen molar-refractivity contribution in [1.29, 1.82) is 0 Å². The van der Waals surface area contributed by atoms with E-state index < -0.39 is 0 Å². The monoisotopic (exact) mass is 734 g/mol. The highest BCUT2D eigenvalue weighted by atomic mass is 16.3. The molecule has 2 aliphatic carbocycles. The molecule has 3 nitrogen and oxygen atoms in total. The Hall–Kier alpha value is -4.70. The minimum atomic E-state index is -0.0719. The topological polar surface area (TPSA) is 21.3 Å². The molecule has 56 heavy (non-hydrogen) atoms. The van der Waals surface area contributed by atoms with Gasteiger partial charge in [-0.05, 0) is 145 Å². The second-order valence-electron chi connectivity index (χ2n) is 21.5. The van der Waals surface area contributed by atoms with Crippen LogP contribution in [0.25, 0.3) is 38.7 Å². The lowest BCUT2D eigenvalue weighted by Crippen LogP contribution is -2.61. The van der Waals surface area contributed by atoms with Crippen molar-refractivity contribution >= 4 is 73.1 Å². The maximum Gasteiger partial charge on any atom is 0.252 e. The van der Waals surface area contributed by atoms with Crippen molar-refractivity contribution in [2.75, 3.05) is 4.90 Å². The van der Waals surface area contributed by atoms with Crippen LogP contribution in [-0.4, -0.2) is 11.3 Å². The van der Waals surface area contributed by atoms with Gasteiger partial charge in [0.2, 0.25) is 0 Å². The maximum absolute atomic E-state index is 6.80. The lowest BCUT2D eigenvalue weighted by Gasteiger charge is -2.47. The SMILES string of the molecule is CC(C)(C)c1cc2c3c(c1)-n1c4c(cccc4c4oc5ccccc5c41)B3c1cc3c(cc1N2c1ccc2c(c1)C(C)(C)CCC2(C)C)C(C)(C)CCC3(C)C. The highest BCUT2D eigenvalue weighted by molar-refractivity contribution is 7.00. The number of furan rings is 1. The largest absolute Gasteiger partial charge is 0.454 e. The van der Waals surface area contributed by atoms with Crippen molar-refractivity contribution in [2.24, 2.45) is 0 Å². The molecule has 0 amide bonds. The molecule has 11 rings (SSSR count). The fraction of sp³-hybridized carbons (Fsp3) is 0.385. The van der Waals surface area contributed by atoms with Crippen LogP contribution in [0.4, 0.5) is 17.1 Å². The Bertz CT molecular complexity index is 2870. The van der Waals surface area contributed by atoms with Gasteiger partial charge < -0.3 is 13.9 Å². The van der Waals surface area contributed by atoms with Crippen molar-refractivity contribution in [3.05, 3.63) is 113 Å².